The van der Waals surface area contributed by atoms with Crippen molar-refractivity contribution in [2.24, 2.45) is 0 Å². The summed E-state index contributed by atoms with van der Waals surface area (Å²) in [5, 5.41) is 0. The van der Waals surface area contributed by atoms with E-state index < -0.39 is 11.8 Å². The van der Waals surface area contributed by atoms with E-state index in [1.807, 2.05) is 60.7 Å². The SMILES string of the molecule is O=C(C(=O)N(c1ccccc1)c1ccccc1)N(SN1CCOCC1)SN1CCOCC1. The van der Waals surface area contributed by atoms with Gasteiger partial charge in [0.1, 0.15) is 0 Å². The van der Waals surface area contributed by atoms with Crippen molar-refractivity contribution >= 4 is 47.5 Å². The number of rotatable bonds is 6. The van der Waals surface area contributed by atoms with Crippen LogP contribution >= 0.6 is 24.3 Å². The molecule has 2 aliphatic heterocycles. The second-order valence-corrected chi connectivity index (χ2v) is 9.44. The van der Waals surface area contributed by atoms with Gasteiger partial charge in [0.15, 0.2) is 0 Å². The minimum absolute atomic E-state index is 0.592. The molecule has 32 heavy (non-hydrogen) atoms. The summed E-state index contributed by atoms with van der Waals surface area (Å²) < 4.78 is 16.4. The first-order valence-electron chi connectivity index (χ1n) is 10.5. The fourth-order valence-electron chi connectivity index (χ4n) is 3.27. The second kappa shape index (κ2) is 11.7. The van der Waals surface area contributed by atoms with Gasteiger partial charge < -0.3 is 9.47 Å². The van der Waals surface area contributed by atoms with Crippen molar-refractivity contribution in [1.29, 1.82) is 0 Å². The Morgan fingerprint density at radius 1 is 0.656 bits per heavy atom. The summed E-state index contributed by atoms with van der Waals surface area (Å²) in [4.78, 5) is 28.6. The predicted molar refractivity (Wildman–Crippen MR) is 127 cm³/mol. The van der Waals surface area contributed by atoms with Crippen LogP contribution < -0.4 is 4.90 Å². The van der Waals surface area contributed by atoms with Gasteiger partial charge in [-0.05, 0) is 24.3 Å². The molecule has 0 radical (unpaired) electrons. The zero-order chi connectivity index (χ0) is 22.2. The van der Waals surface area contributed by atoms with Crippen LogP contribution in [0.1, 0.15) is 0 Å². The second-order valence-electron chi connectivity index (χ2n) is 7.12. The maximum absolute atomic E-state index is 13.6. The molecule has 2 saturated heterocycles. The van der Waals surface area contributed by atoms with Crippen molar-refractivity contribution in [3.63, 3.8) is 0 Å². The number of benzene rings is 2. The summed E-state index contributed by atoms with van der Waals surface area (Å²) in [7, 11) is 0. The molecule has 2 heterocycles. The molecule has 2 amide bonds. The third-order valence-electron chi connectivity index (χ3n) is 4.90. The minimum Gasteiger partial charge on any atom is -0.379 e. The number of carbonyl (C=O) groups is 2. The molecule has 8 nitrogen and oxygen atoms in total. The van der Waals surface area contributed by atoms with E-state index >= 15 is 0 Å². The van der Waals surface area contributed by atoms with E-state index in [-0.39, 0.29) is 0 Å². The molecule has 4 rings (SSSR count). The van der Waals surface area contributed by atoms with Crippen LogP contribution in [0.3, 0.4) is 0 Å². The summed E-state index contributed by atoms with van der Waals surface area (Å²) in [6.07, 6.45) is 0. The Morgan fingerprint density at radius 2 is 1.06 bits per heavy atom. The van der Waals surface area contributed by atoms with Crippen LogP contribution in [0.25, 0.3) is 0 Å². The Labute approximate surface area is 197 Å². The molecular weight excluding hydrogens is 448 g/mol. The molecule has 10 heteroatoms. The van der Waals surface area contributed by atoms with Crippen LogP contribution in [0.2, 0.25) is 0 Å². The number of hydrogen-bond acceptors (Lipinski definition) is 8. The van der Waals surface area contributed by atoms with Gasteiger partial charge in [0.25, 0.3) is 0 Å². The number of carbonyl (C=O) groups excluding carboxylic acids is 2. The maximum Gasteiger partial charge on any atom is 0.335 e. The summed E-state index contributed by atoms with van der Waals surface area (Å²) in [6, 6.07) is 18.5. The van der Waals surface area contributed by atoms with Crippen molar-refractivity contribution in [3.8, 4) is 0 Å². The molecule has 2 aromatic carbocycles. The lowest BCUT2D eigenvalue weighted by atomic mass is 10.2. The maximum atomic E-state index is 13.6. The molecule has 0 N–H and O–H groups in total. The Morgan fingerprint density at radius 3 is 1.47 bits per heavy atom. The quantitative estimate of drug-likeness (QED) is 0.468. The van der Waals surface area contributed by atoms with Gasteiger partial charge in [-0.15, -0.1) is 0 Å². The summed E-state index contributed by atoms with van der Waals surface area (Å²) in [6.45, 7) is 5.16. The molecule has 0 saturated carbocycles. The standard InChI is InChI=1S/C22H26N4O4S2/c27-21(25(19-7-3-1-4-8-19)20-9-5-2-6-10-20)22(28)26(31-23-11-15-29-16-12-23)32-24-13-17-30-18-14-24/h1-10H,11-18H2. The van der Waals surface area contributed by atoms with E-state index in [0.717, 1.165) is 0 Å². The molecule has 0 aliphatic carbocycles. The van der Waals surface area contributed by atoms with E-state index in [1.54, 1.807) is 0 Å². The van der Waals surface area contributed by atoms with E-state index in [4.69, 9.17) is 9.47 Å². The summed E-state index contributed by atoms with van der Waals surface area (Å²) in [5.74, 6) is -1.20. The highest BCUT2D eigenvalue weighted by atomic mass is 32.2. The van der Waals surface area contributed by atoms with Crippen molar-refractivity contribution in [2.75, 3.05) is 57.5 Å². The highest BCUT2D eigenvalue weighted by molar-refractivity contribution is 8.10. The minimum atomic E-state index is -0.607. The first-order valence-corrected chi connectivity index (χ1v) is 12.0. The Bertz CT molecular complexity index is 819. The normalized spacial score (nSPS) is 17.6. The van der Waals surface area contributed by atoms with Gasteiger partial charge in [-0.3, -0.25) is 14.5 Å². The van der Waals surface area contributed by atoms with Gasteiger partial charge >= 0.3 is 11.8 Å². The highest BCUT2D eigenvalue weighted by Gasteiger charge is 2.34. The average molecular weight is 475 g/mol. The van der Waals surface area contributed by atoms with Crippen LogP contribution in [0.15, 0.2) is 60.7 Å². The zero-order valence-electron chi connectivity index (χ0n) is 17.7. The van der Waals surface area contributed by atoms with Gasteiger partial charge in [0.2, 0.25) is 0 Å². The first-order chi connectivity index (χ1) is 15.7. The number of anilines is 2. The molecule has 2 fully saturated rings. The van der Waals surface area contributed by atoms with E-state index in [9.17, 15) is 9.59 Å². The van der Waals surface area contributed by atoms with Crippen LogP contribution in [0, 0.1) is 0 Å². The Hall–Kier alpha value is -2.08. The molecule has 2 aliphatic rings. The van der Waals surface area contributed by atoms with Crippen LogP contribution in [0.4, 0.5) is 11.4 Å². The van der Waals surface area contributed by atoms with Crippen molar-refractivity contribution < 1.29 is 19.1 Å². The molecule has 170 valence electrons. The predicted octanol–water partition coefficient (Wildman–Crippen LogP) is 2.97. The van der Waals surface area contributed by atoms with Gasteiger partial charge in [0, 0.05) is 37.6 Å². The first kappa shape index (κ1) is 23.1. The topological polar surface area (TPSA) is 65.6 Å². The summed E-state index contributed by atoms with van der Waals surface area (Å²) >= 11 is 2.55. The molecule has 0 spiro atoms. The number of amides is 2. The molecule has 0 atom stereocenters. The van der Waals surface area contributed by atoms with Crippen molar-refractivity contribution in [2.45, 2.75) is 0 Å². The third kappa shape index (κ3) is 6.03. The molecule has 0 unspecified atom stereocenters. The zero-order valence-corrected chi connectivity index (χ0v) is 19.3. The fraction of sp³-hybridized carbons (Fsp3) is 0.364. The molecule has 2 aromatic rings. The van der Waals surface area contributed by atoms with Crippen LogP contribution in [-0.2, 0) is 19.1 Å². The van der Waals surface area contributed by atoms with Gasteiger partial charge in [-0.2, -0.15) is 3.71 Å². The Balaban J connectivity index is 1.58. The largest absolute Gasteiger partial charge is 0.379 e. The van der Waals surface area contributed by atoms with Crippen molar-refractivity contribution in [1.82, 2.24) is 12.3 Å². The van der Waals surface area contributed by atoms with E-state index in [0.29, 0.717) is 64.0 Å². The number of ether oxygens (including phenoxy) is 2. The van der Waals surface area contributed by atoms with Crippen LogP contribution in [-0.4, -0.2) is 76.7 Å². The lowest BCUT2D eigenvalue weighted by Gasteiger charge is -2.34. The number of nitrogens with zero attached hydrogens (tertiary/aromatic N) is 4. The fourth-order valence-corrected chi connectivity index (χ4v) is 5.30. The lowest BCUT2D eigenvalue weighted by molar-refractivity contribution is -0.138. The smallest absolute Gasteiger partial charge is 0.335 e. The average Bonchev–Trinajstić information content (AvgIpc) is 2.86. The van der Waals surface area contributed by atoms with Gasteiger partial charge in [0.05, 0.1) is 50.7 Å². The van der Waals surface area contributed by atoms with Crippen molar-refractivity contribution in [3.05, 3.63) is 60.7 Å². The number of hydrogen-bond donors (Lipinski definition) is 0. The Kier molecular flexibility index (Phi) is 8.43. The highest BCUT2D eigenvalue weighted by Crippen LogP contribution is 2.32. The number of morpholine rings is 2. The van der Waals surface area contributed by atoms with E-state index in [2.05, 4.69) is 8.61 Å². The summed E-state index contributed by atoms with van der Waals surface area (Å²) in [5.41, 5.74) is 1.29. The molecule has 0 bridgehead atoms. The van der Waals surface area contributed by atoms with Crippen LogP contribution in [0.5, 0.6) is 0 Å². The monoisotopic (exact) mass is 474 g/mol. The van der Waals surface area contributed by atoms with Gasteiger partial charge in [-0.25, -0.2) is 8.61 Å². The lowest BCUT2D eigenvalue weighted by Crippen LogP contribution is -2.43. The van der Waals surface area contributed by atoms with E-state index in [1.165, 1.54) is 32.9 Å². The van der Waals surface area contributed by atoms with Gasteiger partial charge in [-0.1, -0.05) is 36.4 Å². The third-order valence-corrected chi connectivity index (χ3v) is 7.12. The molecule has 0 aromatic heterocycles. The number of para-hydroxylation sites is 2. The molecular formula is C22H26N4O4S2.